The van der Waals surface area contributed by atoms with E-state index in [0.29, 0.717) is 31.7 Å². The van der Waals surface area contributed by atoms with Crippen LogP contribution in [0.3, 0.4) is 0 Å². The first kappa shape index (κ1) is 26.6. The summed E-state index contributed by atoms with van der Waals surface area (Å²) in [7, 11) is 0. The van der Waals surface area contributed by atoms with Crippen LogP contribution in [0.15, 0.2) is 0 Å². The van der Waals surface area contributed by atoms with Gasteiger partial charge in [0.25, 0.3) is 5.92 Å². The molecule has 3 heterocycles. The van der Waals surface area contributed by atoms with Crippen molar-refractivity contribution in [2.24, 2.45) is 29.2 Å². The smallest absolute Gasteiger partial charge is 0.255 e. The number of halogens is 3. The number of amides is 4. The van der Waals surface area contributed by atoms with Crippen molar-refractivity contribution < 1.29 is 28.0 Å². The monoisotopic (exact) mass is 505 g/mol. The number of hydrogen-bond donors (Lipinski definition) is 4. The van der Waals surface area contributed by atoms with Gasteiger partial charge in [-0.15, -0.1) is 12.4 Å². The molecule has 192 valence electrons. The number of alkyl halides is 2. The third-order valence-corrected chi connectivity index (χ3v) is 7.93. The fourth-order valence-corrected chi connectivity index (χ4v) is 5.86. The Bertz CT molecular complexity index is 827. The van der Waals surface area contributed by atoms with Gasteiger partial charge in [0.1, 0.15) is 12.1 Å². The summed E-state index contributed by atoms with van der Waals surface area (Å²) >= 11 is 0. The van der Waals surface area contributed by atoms with Crippen LogP contribution in [0.2, 0.25) is 0 Å². The van der Waals surface area contributed by atoms with Crippen LogP contribution < -0.4 is 22.1 Å². The fraction of sp³-hybridized carbons (Fsp3) is 0.818. The molecule has 0 aromatic heterocycles. The fourth-order valence-electron chi connectivity index (χ4n) is 5.86. The molecule has 6 atom stereocenters. The molecule has 6 N–H and O–H groups in total. The van der Waals surface area contributed by atoms with E-state index >= 15 is 0 Å². The molecular formula is C22H34ClF2N5O4. The zero-order valence-electron chi connectivity index (χ0n) is 19.0. The highest BCUT2D eigenvalue weighted by molar-refractivity contribution is 5.94. The van der Waals surface area contributed by atoms with Gasteiger partial charge in [0.2, 0.25) is 23.6 Å². The minimum atomic E-state index is -3.10. The lowest BCUT2D eigenvalue weighted by molar-refractivity contribution is -0.195. The molecule has 0 unspecified atom stereocenters. The lowest BCUT2D eigenvalue weighted by Gasteiger charge is -2.54. The number of carbonyl (C=O) groups excluding carboxylic acids is 4. The van der Waals surface area contributed by atoms with Gasteiger partial charge in [-0.25, -0.2) is 8.78 Å². The lowest BCUT2D eigenvalue weighted by atomic mass is 9.71. The quantitative estimate of drug-likeness (QED) is 0.378. The molecule has 0 radical (unpaired) electrons. The maximum Gasteiger partial charge on any atom is 0.255 e. The number of nitrogens with two attached hydrogens (primary N) is 2. The standard InChI is InChI=1S/C22H33F2N5O4.ClH/c23-22(24)10-13-4-5-14(22)17(29(13)21(33)15(25)8-11-2-1-3-11)20(32)28-16(18(26)30)9-12-6-7-27-19(12)31;/h11-17H,1-10,25H2,(H2,26,30)(H,27,31)(H,28,32);1H/t12-,13-,14-,15-,16-,17+;/m0./s1. The molecule has 0 aromatic carbocycles. The number of nitrogens with one attached hydrogen (secondary N) is 2. The Morgan fingerprint density at radius 1 is 1.15 bits per heavy atom. The van der Waals surface area contributed by atoms with Crippen molar-refractivity contribution in [1.82, 2.24) is 15.5 Å². The van der Waals surface area contributed by atoms with Gasteiger partial charge in [0.05, 0.1) is 12.0 Å². The van der Waals surface area contributed by atoms with Crippen molar-refractivity contribution in [2.75, 3.05) is 6.54 Å². The largest absolute Gasteiger partial charge is 0.368 e. The summed E-state index contributed by atoms with van der Waals surface area (Å²) in [4.78, 5) is 51.7. The molecule has 34 heavy (non-hydrogen) atoms. The molecule has 3 saturated heterocycles. The molecule has 5 rings (SSSR count). The van der Waals surface area contributed by atoms with E-state index in [1.807, 2.05) is 0 Å². The first-order valence-corrected chi connectivity index (χ1v) is 11.9. The minimum Gasteiger partial charge on any atom is -0.368 e. The Labute approximate surface area is 203 Å². The third kappa shape index (κ3) is 5.15. The van der Waals surface area contributed by atoms with Crippen molar-refractivity contribution in [3.63, 3.8) is 0 Å². The van der Waals surface area contributed by atoms with Crippen LogP contribution in [0.25, 0.3) is 0 Å². The number of rotatable bonds is 8. The second-order valence-electron chi connectivity index (χ2n) is 10.1. The van der Waals surface area contributed by atoms with E-state index in [9.17, 15) is 28.0 Å². The first-order valence-electron chi connectivity index (χ1n) is 11.9. The number of carbonyl (C=O) groups is 4. The topological polar surface area (TPSA) is 148 Å². The summed E-state index contributed by atoms with van der Waals surface area (Å²) in [5.41, 5.74) is 11.6. The van der Waals surface area contributed by atoms with Gasteiger partial charge >= 0.3 is 0 Å². The highest BCUT2D eigenvalue weighted by Crippen LogP contribution is 2.49. The second-order valence-corrected chi connectivity index (χ2v) is 10.1. The van der Waals surface area contributed by atoms with Gasteiger partial charge in [-0.1, -0.05) is 19.3 Å². The first-order chi connectivity index (χ1) is 15.6. The van der Waals surface area contributed by atoms with Crippen LogP contribution in [0.5, 0.6) is 0 Å². The summed E-state index contributed by atoms with van der Waals surface area (Å²) in [5.74, 6) is -7.03. The van der Waals surface area contributed by atoms with Gasteiger partial charge in [-0.2, -0.15) is 0 Å². The average molecular weight is 506 g/mol. The molecule has 5 fully saturated rings. The molecular weight excluding hydrogens is 472 g/mol. The van der Waals surface area contributed by atoms with Crippen molar-refractivity contribution >= 4 is 36.0 Å². The van der Waals surface area contributed by atoms with Crippen LogP contribution in [0.1, 0.15) is 57.8 Å². The van der Waals surface area contributed by atoms with Crippen LogP contribution >= 0.6 is 12.4 Å². The number of fused-ring (bicyclic) bond motifs is 3. The van der Waals surface area contributed by atoms with Gasteiger partial charge in [0, 0.05) is 24.9 Å². The second kappa shape index (κ2) is 10.3. The maximum atomic E-state index is 14.8. The van der Waals surface area contributed by atoms with E-state index in [2.05, 4.69) is 10.6 Å². The molecule has 2 bridgehead atoms. The average Bonchev–Trinajstić information content (AvgIpc) is 3.12. The highest BCUT2D eigenvalue weighted by Gasteiger charge is 2.61. The molecule has 0 spiro atoms. The molecule has 0 aromatic rings. The van der Waals surface area contributed by atoms with E-state index in [1.165, 1.54) is 4.90 Å². The Hall–Kier alpha value is -2.01. The Morgan fingerprint density at radius 3 is 2.38 bits per heavy atom. The van der Waals surface area contributed by atoms with Crippen LogP contribution in [0, 0.1) is 17.8 Å². The van der Waals surface area contributed by atoms with Gasteiger partial charge in [-0.05, 0) is 38.0 Å². The Balaban J connectivity index is 0.00000324. The molecule has 2 saturated carbocycles. The summed E-state index contributed by atoms with van der Waals surface area (Å²) < 4.78 is 29.6. The Morgan fingerprint density at radius 2 is 1.85 bits per heavy atom. The van der Waals surface area contributed by atoms with E-state index < -0.39 is 66.1 Å². The highest BCUT2D eigenvalue weighted by atomic mass is 35.5. The van der Waals surface area contributed by atoms with Crippen molar-refractivity contribution in [1.29, 1.82) is 0 Å². The predicted octanol–water partition coefficient (Wildman–Crippen LogP) is 0.437. The zero-order chi connectivity index (χ0) is 23.9. The van der Waals surface area contributed by atoms with Crippen molar-refractivity contribution in [2.45, 2.75) is 87.9 Å². The molecule has 12 heteroatoms. The normalized spacial score (nSPS) is 31.6. The van der Waals surface area contributed by atoms with Gasteiger partial charge < -0.3 is 27.0 Å². The van der Waals surface area contributed by atoms with Crippen molar-refractivity contribution in [3.05, 3.63) is 0 Å². The third-order valence-electron chi connectivity index (χ3n) is 7.93. The number of hydrogen-bond acceptors (Lipinski definition) is 5. The Kier molecular flexibility index (Phi) is 8.07. The lowest BCUT2D eigenvalue weighted by Crippen LogP contribution is -2.70. The van der Waals surface area contributed by atoms with Gasteiger partial charge in [-0.3, -0.25) is 19.2 Å². The minimum absolute atomic E-state index is 0. The predicted molar refractivity (Wildman–Crippen MR) is 121 cm³/mol. The molecule has 3 aliphatic heterocycles. The van der Waals surface area contributed by atoms with E-state index in [1.54, 1.807) is 0 Å². The summed E-state index contributed by atoms with van der Waals surface area (Å²) in [6, 6.07) is -4.26. The summed E-state index contributed by atoms with van der Waals surface area (Å²) in [5, 5.41) is 5.13. The van der Waals surface area contributed by atoms with E-state index in [-0.39, 0.29) is 31.2 Å². The molecule has 4 amide bonds. The SMILES string of the molecule is Cl.NC(=O)[C@H](C[C@@H]1CCNC1=O)NC(=O)[C@H]1[C@@H]2CC[C@@H](CC2(F)F)N1C(=O)[C@@H](N)CC1CCC1. The van der Waals surface area contributed by atoms with E-state index in [0.717, 1.165) is 19.3 Å². The molecule has 2 aliphatic carbocycles. The van der Waals surface area contributed by atoms with E-state index in [4.69, 9.17) is 11.5 Å². The maximum absolute atomic E-state index is 14.8. The summed E-state index contributed by atoms with van der Waals surface area (Å²) in [6.07, 6.45) is 4.00. The molecule has 9 nitrogen and oxygen atoms in total. The molecule has 5 aliphatic rings. The number of primary amides is 1. The van der Waals surface area contributed by atoms with Crippen LogP contribution in [0.4, 0.5) is 8.78 Å². The van der Waals surface area contributed by atoms with Crippen molar-refractivity contribution in [3.8, 4) is 0 Å². The van der Waals surface area contributed by atoms with Crippen LogP contribution in [-0.4, -0.2) is 65.2 Å². The summed E-state index contributed by atoms with van der Waals surface area (Å²) in [6.45, 7) is 0.461. The van der Waals surface area contributed by atoms with Crippen LogP contribution in [-0.2, 0) is 19.2 Å². The zero-order valence-corrected chi connectivity index (χ0v) is 19.8. The number of piperidine rings is 2. The number of nitrogens with zero attached hydrogens (tertiary/aromatic N) is 1. The van der Waals surface area contributed by atoms with Gasteiger partial charge in [0.15, 0.2) is 0 Å².